The first kappa shape index (κ1) is 18.1. The van der Waals surface area contributed by atoms with Gasteiger partial charge in [0.15, 0.2) is 28.3 Å². The van der Waals surface area contributed by atoms with Crippen LogP contribution in [0.3, 0.4) is 0 Å². The fraction of sp³-hybridized carbons (Fsp3) is 0.105. The normalized spacial score (nSPS) is 11.0. The van der Waals surface area contributed by atoms with Crippen molar-refractivity contribution in [2.24, 2.45) is 0 Å². The number of benzene rings is 1. The van der Waals surface area contributed by atoms with Gasteiger partial charge in [-0.15, -0.1) is 0 Å². The van der Waals surface area contributed by atoms with Crippen molar-refractivity contribution in [2.45, 2.75) is 6.54 Å². The van der Waals surface area contributed by atoms with Gasteiger partial charge in [-0.3, -0.25) is 9.20 Å². The number of hydrogen-bond acceptors (Lipinski definition) is 5. The van der Waals surface area contributed by atoms with E-state index in [1.54, 1.807) is 19.3 Å². The molecule has 3 aromatic heterocycles. The maximum absolute atomic E-state index is 13.3. The van der Waals surface area contributed by atoms with Crippen molar-refractivity contribution in [3.05, 3.63) is 71.7 Å². The molecule has 142 valence electrons. The summed E-state index contributed by atoms with van der Waals surface area (Å²) in [5, 5.41) is 6.42. The van der Waals surface area contributed by atoms with Crippen LogP contribution >= 0.6 is 11.3 Å². The van der Waals surface area contributed by atoms with Gasteiger partial charge in [0.05, 0.1) is 16.6 Å². The van der Waals surface area contributed by atoms with Gasteiger partial charge in [0.2, 0.25) is 0 Å². The molecule has 9 heteroatoms. The van der Waals surface area contributed by atoms with Crippen LogP contribution in [0.25, 0.3) is 16.2 Å². The number of imidazole rings is 1. The van der Waals surface area contributed by atoms with Crippen molar-refractivity contribution < 1.29 is 13.6 Å². The summed E-state index contributed by atoms with van der Waals surface area (Å²) in [5.41, 5.74) is 1.34. The number of anilines is 1. The lowest BCUT2D eigenvalue weighted by Crippen LogP contribution is -2.23. The number of aromatic nitrogens is 3. The Hall–Kier alpha value is -3.33. The highest BCUT2D eigenvalue weighted by Crippen LogP contribution is 2.29. The molecule has 6 nitrogen and oxygen atoms in total. The molecule has 0 unspecified atom stereocenters. The van der Waals surface area contributed by atoms with Crippen LogP contribution in [-0.2, 0) is 6.54 Å². The van der Waals surface area contributed by atoms with Gasteiger partial charge in [-0.05, 0) is 29.8 Å². The molecular weight excluding hydrogens is 384 g/mol. The number of thiazole rings is 1. The Morgan fingerprint density at radius 2 is 2.07 bits per heavy atom. The lowest BCUT2D eigenvalue weighted by Gasteiger charge is -2.04. The van der Waals surface area contributed by atoms with Gasteiger partial charge >= 0.3 is 0 Å². The molecule has 0 aliphatic heterocycles. The Balaban J connectivity index is 1.64. The number of nitrogens with one attached hydrogen (secondary N) is 2. The van der Waals surface area contributed by atoms with E-state index in [1.807, 2.05) is 22.7 Å². The fourth-order valence-corrected chi connectivity index (χ4v) is 3.54. The van der Waals surface area contributed by atoms with E-state index < -0.39 is 17.5 Å². The summed E-state index contributed by atoms with van der Waals surface area (Å²) in [6.45, 7) is 0.0572. The van der Waals surface area contributed by atoms with E-state index in [9.17, 15) is 13.6 Å². The summed E-state index contributed by atoms with van der Waals surface area (Å²) in [4.78, 5) is 22.3. The van der Waals surface area contributed by atoms with Crippen molar-refractivity contribution in [1.82, 2.24) is 19.7 Å². The van der Waals surface area contributed by atoms with E-state index in [1.165, 1.54) is 17.4 Å². The number of rotatable bonds is 5. The minimum Gasteiger partial charge on any atom is -0.365 e. The van der Waals surface area contributed by atoms with Crippen LogP contribution in [0.15, 0.2) is 48.8 Å². The van der Waals surface area contributed by atoms with Gasteiger partial charge in [0, 0.05) is 19.8 Å². The van der Waals surface area contributed by atoms with Gasteiger partial charge in [-0.25, -0.2) is 18.7 Å². The predicted molar refractivity (Wildman–Crippen MR) is 103 cm³/mol. The molecule has 28 heavy (non-hydrogen) atoms. The molecule has 0 saturated carbocycles. The molecule has 2 N–H and O–H groups in total. The first-order valence-corrected chi connectivity index (χ1v) is 9.21. The lowest BCUT2D eigenvalue weighted by atomic mass is 10.2. The third-order valence-corrected chi connectivity index (χ3v) is 5.15. The molecule has 0 atom stereocenters. The van der Waals surface area contributed by atoms with E-state index in [-0.39, 0.29) is 12.2 Å². The van der Waals surface area contributed by atoms with E-state index in [2.05, 4.69) is 20.6 Å². The van der Waals surface area contributed by atoms with E-state index in [0.717, 1.165) is 22.1 Å². The highest BCUT2D eigenvalue weighted by atomic mass is 32.1. The quantitative estimate of drug-likeness (QED) is 0.537. The summed E-state index contributed by atoms with van der Waals surface area (Å²) in [6.07, 6.45) is 3.52. The number of fused-ring (bicyclic) bond motifs is 1. The number of carbonyl (C=O) groups excluding carboxylic acids is 1. The molecule has 0 aliphatic carbocycles. The highest BCUT2D eigenvalue weighted by molar-refractivity contribution is 7.18. The van der Waals surface area contributed by atoms with E-state index >= 15 is 0 Å². The molecule has 4 rings (SSSR count). The van der Waals surface area contributed by atoms with Crippen molar-refractivity contribution in [1.29, 1.82) is 0 Å². The average Bonchev–Trinajstić information content (AvgIpc) is 3.33. The van der Waals surface area contributed by atoms with Crippen LogP contribution in [0, 0.1) is 11.6 Å². The van der Waals surface area contributed by atoms with Gasteiger partial charge in [-0.1, -0.05) is 23.5 Å². The average molecular weight is 399 g/mol. The second-order valence-electron chi connectivity index (χ2n) is 5.95. The second-order valence-corrected chi connectivity index (χ2v) is 6.98. The number of amides is 1. The van der Waals surface area contributed by atoms with Crippen LogP contribution < -0.4 is 10.6 Å². The third-order valence-electron chi connectivity index (χ3n) is 4.14. The molecule has 0 saturated heterocycles. The standard InChI is InChI=1S/C19H15F2N5OS/c1-22-19-24-10-15(28-19)17-25-16(14-4-2-3-7-26(14)17)18(27)23-9-11-5-6-12(20)13(21)8-11/h2-8,10H,9H2,1H3,(H,22,24)(H,23,27). The maximum Gasteiger partial charge on any atom is 0.272 e. The van der Waals surface area contributed by atoms with Crippen molar-refractivity contribution in [2.75, 3.05) is 12.4 Å². The zero-order chi connectivity index (χ0) is 19.7. The molecule has 1 amide bonds. The van der Waals surface area contributed by atoms with Crippen molar-refractivity contribution in [3.63, 3.8) is 0 Å². The molecule has 3 heterocycles. The molecule has 0 fully saturated rings. The SMILES string of the molecule is CNc1ncc(-c2nc(C(=O)NCc3ccc(F)c(F)c3)c3ccccn23)s1. The molecule has 0 spiro atoms. The minimum absolute atomic E-state index is 0.0572. The fourth-order valence-electron chi connectivity index (χ4n) is 2.79. The minimum atomic E-state index is -0.952. The maximum atomic E-state index is 13.3. The van der Waals surface area contributed by atoms with Gasteiger partial charge in [0.25, 0.3) is 5.91 Å². The zero-order valence-corrected chi connectivity index (χ0v) is 15.6. The predicted octanol–water partition coefficient (Wildman–Crippen LogP) is 3.71. The first-order valence-electron chi connectivity index (χ1n) is 8.40. The molecule has 1 aromatic carbocycles. The number of halogens is 2. The van der Waals surface area contributed by atoms with Crippen LogP contribution in [0.2, 0.25) is 0 Å². The van der Waals surface area contributed by atoms with E-state index in [0.29, 0.717) is 16.9 Å². The van der Waals surface area contributed by atoms with E-state index in [4.69, 9.17) is 0 Å². The second kappa shape index (κ2) is 7.35. The largest absolute Gasteiger partial charge is 0.365 e. The zero-order valence-electron chi connectivity index (χ0n) is 14.7. The molecule has 4 aromatic rings. The van der Waals surface area contributed by atoms with Gasteiger partial charge in [0.1, 0.15) is 0 Å². The summed E-state index contributed by atoms with van der Waals surface area (Å²) in [5.74, 6) is -1.68. The number of nitrogens with zero attached hydrogens (tertiary/aromatic N) is 3. The van der Waals surface area contributed by atoms with Gasteiger partial charge in [-0.2, -0.15) is 0 Å². The topological polar surface area (TPSA) is 71.3 Å². The van der Waals surface area contributed by atoms with Crippen molar-refractivity contribution >= 4 is 27.9 Å². The Labute approximate surface area is 162 Å². The third kappa shape index (κ3) is 3.31. The van der Waals surface area contributed by atoms with Crippen LogP contribution in [0.1, 0.15) is 16.1 Å². The molecule has 0 bridgehead atoms. The Kier molecular flexibility index (Phi) is 4.74. The summed E-state index contributed by atoms with van der Waals surface area (Å²) < 4.78 is 28.2. The Morgan fingerprint density at radius 3 is 2.82 bits per heavy atom. The highest BCUT2D eigenvalue weighted by Gasteiger charge is 2.19. The molecule has 0 aliphatic rings. The lowest BCUT2D eigenvalue weighted by molar-refractivity contribution is 0.0948. The van der Waals surface area contributed by atoms with Crippen LogP contribution in [0.5, 0.6) is 0 Å². The Morgan fingerprint density at radius 1 is 1.21 bits per heavy atom. The summed E-state index contributed by atoms with van der Waals surface area (Å²) in [6, 6.07) is 8.97. The van der Waals surface area contributed by atoms with Crippen molar-refractivity contribution in [3.8, 4) is 10.7 Å². The first-order chi connectivity index (χ1) is 13.6. The van der Waals surface area contributed by atoms with Crippen LogP contribution in [0.4, 0.5) is 13.9 Å². The smallest absolute Gasteiger partial charge is 0.272 e. The van der Waals surface area contributed by atoms with Crippen LogP contribution in [-0.4, -0.2) is 27.3 Å². The number of hydrogen-bond donors (Lipinski definition) is 2. The number of carbonyl (C=O) groups is 1. The molecular formula is C19H15F2N5OS. The number of pyridine rings is 1. The Bertz CT molecular complexity index is 1170. The molecule has 0 radical (unpaired) electrons. The summed E-state index contributed by atoms with van der Waals surface area (Å²) >= 11 is 1.42. The summed E-state index contributed by atoms with van der Waals surface area (Å²) in [7, 11) is 1.78. The van der Waals surface area contributed by atoms with Gasteiger partial charge < -0.3 is 10.6 Å². The monoisotopic (exact) mass is 399 g/mol.